The van der Waals surface area contributed by atoms with Gasteiger partial charge >= 0.3 is 0 Å². The Bertz CT molecular complexity index is 658. The van der Waals surface area contributed by atoms with Crippen LogP contribution in [0.2, 0.25) is 0 Å². The van der Waals surface area contributed by atoms with E-state index in [1.54, 1.807) is 4.90 Å². The third kappa shape index (κ3) is 1.84. The van der Waals surface area contributed by atoms with Crippen LogP contribution < -0.4 is 10.6 Å². The summed E-state index contributed by atoms with van der Waals surface area (Å²) >= 11 is 0. The lowest BCUT2D eigenvalue weighted by atomic mass is 9.86. The molecular weight excluding hydrogens is 252 g/mol. The Morgan fingerprint density at radius 2 is 1.85 bits per heavy atom. The number of rotatable bonds is 3. The molecule has 1 aromatic heterocycles. The molecule has 0 atom stereocenters. The predicted molar refractivity (Wildman–Crippen MR) is 77.3 cm³/mol. The first-order chi connectivity index (χ1) is 9.54. The van der Waals surface area contributed by atoms with Gasteiger partial charge in [-0.3, -0.25) is 4.79 Å². The number of fused-ring (bicyclic) bond motifs is 1. The molecule has 0 aliphatic carbocycles. The molecule has 4 nitrogen and oxygen atoms in total. The Morgan fingerprint density at radius 3 is 2.55 bits per heavy atom. The van der Waals surface area contributed by atoms with Gasteiger partial charge in [-0.05, 0) is 37.6 Å². The lowest BCUT2D eigenvalue weighted by molar-refractivity contribution is -0.122. The van der Waals surface area contributed by atoms with Gasteiger partial charge in [0.15, 0.2) is 0 Å². The standard InChI is InChI=1S/C16H18N2O2/c1-16(2)13-5-3-4-6-14(13)18(15(16)19)10-12-8-7-11(9-17)20-12/h3-8H,9-10,17H2,1-2H3. The highest BCUT2D eigenvalue weighted by molar-refractivity contribution is 6.07. The van der Waals surface area contributed by atoms with Crippen LogP contribution in [0.5, 0.6) is 0 Å². The zero-order chi connectivity index (χ0) is 14.3. The summed E-state index contributed by atoms with van der Waals surface area (Å²) in [4.78, 5) is 14.4. The van der Waals surface area contributed by atoms with Crippen LogP contribution in [-0.2, 0) is 23.3 Å². The van der Waals surface area contributed by atoms with Crippen LogP contribution in [0.4, 0.5) is 5.69 Å². The Hall–Kier alpha value is -2.07. The molecule has 0 spiro atoms. The Kier molecular flexibility index (Phi) is 2.91. The summed E-state index contributed by atoms with van der Waals surface area (Å²) in [7, 11) is 0. The van der Waals surface area contributed by atoms with E-state index in [9.17, 15) is 4.79 Å². The second-order valence-corrected chi connectivity index (χ2v) is 5.61. The van der Waals surface area contributed by atoms with Gasteiger partial charge in [0.05, 0.1) is 18.5 Å². The van der Waals surface area contributed by atoms with E-state index in [1.807, 2.05) is 50.2 Å². The van der Waals surface area contributed by atoms with Crippen LogP contribution in [-0.4, -0.2) is 5.91 Å². The van der Waals surface area contributed by atoms with Gasteiger partial charge in [0, 0.05) is 5.69 Å². The number of nitrogens with zero attached hydrogens (tertiary/aromatic N) is 1. The number of amides is 1. The molecule has 3 rings (SSSR count). The zero-order valence-electron chi connectivity index (χ0n) is 11.7. The molecule has 0 fully saturated rings. The highest BCUT2D eigenvalue weighted by Crippen LogP contribution is 2.41. The fourth-order valence-electron chi connectivity index (χ4n) is 2.73. The SMILES string of the molecule is CC1(C)C(=O)N(Cc2ccc(CN)o2)c2ccccc21. The fraction of sp³-hybridized carbons (Fsp3) is 0.312. The van der Waals surface area contributed by atoms with E-state index >= 15 is 0 Å². The number of anilines is 1. The van der Waals surface area contributed by atoms with E-state index in [2.05, 4.69) is 0 Å². The molecule has 0 radical (unpaired) electrons. The van der Waals surface area contributed by atoms with Crippen molar-refractivity contribution in [2.24, 2.45) is 5.73 Å². The van der Waals surface area contributed by atoms with Crippen LogP contribution in [0.3, 0.4) is 0 Å². The molecule has 2 heterocycles. The van der Waals surface area contributed by atoms with Gasteiger partial charge in [-0.1, -0.05) is 18.2 Å². The van der Waals surface area contributed by atoms with Gasteiger partial charge in [-0.15, -0.1) is 0 Å². The lowest BCUT2D eigenvalue weighted by Gasteiger charge is -2.19. The molecule has 1 aliphatic rings. The van der Waals surface area contributed by atoms with Gasteiger partial charge in [0.1, 0.15) is 11.5 Å². The second kappa shape index (κ2) is 4.49. The normalized spacial score (nSPS) is 16.6. The van der Waals surface area contributed by atoms with Gasteiger partial charge in [-0.2, -0.15) is 0 Å². The van der Waals surface area contributed by atoms with E-state index in [4.69, 9.17) is 10.2 Å². The molecule has 104 valence electrons. The topological polar surface area (TPSA) is 59.5 Å². The zero-order valence-corrected chi connectivity index (χ0v) is 11.7. The van der Waals surface area contributed by atoms with Gasteiger partial charge in [0.25, 0.3) is 0 Å². The number of benzene rings is 1. The number of para-hydroxylation sites is 1. The molecule has 2 aromatic rings. The summed E-state index contributed by atoms with van der Waals surface area (Å²) < 4.78 is 5.61. The first-order valence-electron chi connectivity index (χ1n) is 6.73. The molecule has 0 bridgehead atoms. The third-order valence-electron chi connectivity index (χ3n) is 3.88. The van der Waals surface area contributed by atoms with Crippen LogP contribution in [0.25, 0.3) is 0 Å². The smallest absolute Gasteiger partial charge is 0.237 e. The van der Waals surface area contributed by atoms with Crippen LogP contribution in [0, 0.1) is 0 Å². The highest BCUT2D eigenvalue weighted by Gasteiger charge is 2.43. The molecule has 0 unspecified atom stereocenters. The third-order valence-corrected chi connectivity index (χ3v) is 3.88. The average Bonchev–Trinajstić information content (AvgIpc) is 2.98. The highest BCUT2D eigenvalue weighted by atomic mass is 16.3. The first kappa shape index (κ1) is 12.9. The van der Waals surface area contributed by atoms with E-state index < -0.39 is 5.41 Å². The Balaban J connectivity index is 1.96. The number of nitrogens with two attached hydrogens (primary N) is 1. The van der Waals surface area contributed by atoms with Crippen molar-refractivity contribution in [1.82, 2.24) is 0 Å². The molecule has 1 aromatic carbocycles. The van der Waals surface area contributed by atoms with E-state index in [0.29, 0.717) is 13.1 Å². The fourth-order valence-corrected chi connectivity index (χ4v) is 2.73. The molecule has 1 aliphatic heterocycles. The van der Waals surface area contributed by atoms with Crippen molar-refractivity contribution < 1.29 is 9.21 Å². The van der Waals surface area contributed by atoms with E-state index in [-0.39, 0.29) is 5.91 Å². The van der Waals surface area contributed by atoms with Crippen molar-refractivity contribution >= 4 is 11.6 Å². The Morgan fingerprint density at radius 1 is 1.15 bits per heavy atom. The summed E-state index contributed by atoms with van der Waals surface area (Å²) in [6.07, 6.45) is 0. The summed E-state index contributed by atoms with van der Waals surface area (Å²) in [5, 5.41) is 0. The van der Waals surface area contributed by atoms with Gasteiger partial charge in [0.2, 0.25) is 5.91 Å². The number of furan rings is 1. The molecule has 20 heavy (non-hydrogen) atoms. The molecule has 4 heteroatoms. The molecule has 0 saturated heterocycles. The van der Waals surface area contributed by atoms with Crippen molar-refractivity contribution in [2.45, 2.75) is 32.4 Å². The van der Waals surface area contributed by atoms with Gasteiger partial charge in [-0.25, -0.2) is 0 Å². The molecular formula is C16H18N2O2. The summed E-state index contributed by atoms with van der Waals surface area (Å²) in [5.74, 6) is 1.59. The number of hydrogen-bond acceptors (Lipinski definition) is 3. The van der Waals surface area contributed by atoms with E-state index in [1.165, 1.54) is 0 Å². The quantitative estimate of drug-likeness (QED) is 0.932. The maximum absolute atomic E-state index is 12.6. The van der Waals surface area contributed by atoms with Crippen LogP contribution in [0.15, 0.2) is 40.8 Å². The molecule has 1 amide bonds. The van der Waals surface area contributed by atoms with Crippen LogP contribution >= 0.6 is 0 Å². The van der Waals surface area contributed by atoms with E-state index in [0.717, 1.165) is 22.8 Å². The minimum absolute atomic E-state index is 0.101. The number of carbonyl (C=O) groups is 1. The summed E-state index contributed by atoms with van der Waals surface area (Å²) in [6.45, 7) is 4.73. The second-order valence-electron chi connectivity index (χ2n) is 5.61. The minimum atomic E-state index is -0.486. The summed E-state index contributed by atoms with van der Waals surface area (Å²) in [6, 6.07) is 11.6. The van der Waals surface area contributed by atoms with Gasteiger partial charge < -0.3 is 15.1 Å². The number of carbonyl (C=O) groups excluding carboxylic acids is 1. The maximum Gasteiger partial charge on any atom is 0.237 e. The largest absolute Gasteiger partial charge is 0.463 e. The van der Waals surface area contributed by atoms with Crippen molar-refractivity contribution in [3.63, 3.8) is 0 Å². The van der Waals surface area contributed by atoms with Crippen molar-refractivity contribution in [3.05, 3.63) is 53.5 Å². The predicted octanol–water partition coefficient (Wildman–Crippen LogP) is 2.56. The van der Waals surface area contributed by atoms with Crippen molar-refractivity contribution in [2.75, 3.05) is 4.90 Å². The summed E-state index contributed by atoms with van der Waals surface area (Å²) in [5.41, 5.74) is 7.09. The molecule has 2 N–H and O–H groups in total. The molecule has 0 saturated carbocycles. The average molecular weight is 270 g/mol. The van der Waals surface area contributed by atoms with Crippen LogP contribution in [0.1, 0.15) is 30.9 Å². The minimum Gasteiger partial charge on any atom is -0.463 e. The monoisotopic (exact) mass is 270 g/mol. The lowest BCUT2D eigenvalue weighted by Crippen LogP contribution is -2.35. The number of hydrogen-bond donors (Lipinski definition) is 1. The Labute approximate surface area is 118 Å². The van der Waals surface area contributed by atoms with Crippen molar-refractivity contribution in [1.29, 1.82) is 0 Å². The van der Waals surface area contributed by atoms with Crippen molar-refractivity contribution in [3.8, 4) is 0 Å². The first-order valence-corrected chi connectivity index (χ1v) is 6.73. The maximum atomic E-state index is 12.6.